The maximum Gasteiger partial charge on any atom is 0.258 e. The summed E-state index contributed by atoms with van der Waals surface area (Å²) in [6.45, 7) is 0.160. The Morgan fingerprint density at radius 3 is 2.95 bits per heavy atom. The van der Waals surface area contributed by atoms with Crippen molar-refractivity contribution >= 4 is 34.5 Å². The number of nitrogens with zero attached hydrogens (tertiary/aromatic N) is 2. The predicted molar refractivity (Wildman–Crippen MR) is 78.4 cm³/mol. The number of rotatable bonds is 4. The van der Waals surface area contributed by atoms with Gasteiger partial charge in [0, 0.05) is 16.5 Å². The molecule has 7 heteroatoms. The normalized spacial score (nSPS) is 10.7. The van der Waals surface area contributed by atoms with Crippen molar-refractivity contribution in [3.63, 3.8) is 0 Å². The fourth-order valence-corrected chi connectivity index (χ4v) is 2.51. The summed E-state index contributed by atoms with van der Waals surface area (Å²) >= 11 is 13.5. The molecule has 2 aromatic heterocycles. The zero-order valence-corrected chi connectivity index (χ0v) is 12.4. The number of hydrogen-bond donors (Lipinski definition) is 0. The fraction of sp³-hybridized carbons (Fsp3) is 0.0769. The maximum atomic E-state index is 6.00. The van der Waals surface area contributed by atoms with E-state index in [0.29, 0.717) is 27.5 Å². The molecule has 0 radical (unpaired) electrons. The van der Waals surface area contributed by atoms with Crippen LogP contribution in [0.1, 0.15) is 5.82 Å². The molecule has 0 unspecified atom stereocenters. The van der Waals surface area contributed by atoms with Gasteiger partial charge in [0.25, 0.3) is 5.89 Å². The lowest BCUT2D eigenvalue weighted by Gasteiger charge is -2.05. The van der Waals surface area contributed by atoms with Crippen molar-refractivity contribution in [2.75, 3.05) is 0 Å². The molecule has 3 aromatic rings. The van der Waals surface area contributed by atoms with Gasteiger partial charge in [-0.05, 0) is 23.6 Å². The van der Waals surface area contributed by atoms with Crippen molar-refractivity contribution in [1.82, 2.24) is 10.1 Å². The fourth-order valence-electron chi connectivity index (χ4n) is 1.55. The maximum absolute atomic E-state index is 6.00. The Kier molecular flexibility index (Phi) is 3.91. The second kappa shape index (κ2) is 5.83. The van der Waals surface area contributed by atoms with Crippen molar-refractivity contribution in [2.45, 2.75) is 6.61 Å². The number of halogens is 2. The SMILES string of the molecule is Clc1ccc(Cl)c(OCc2noc(-c3ccsc3)n2)c1. The van der Waals surface area contributed by atoms with Crippen molar-refractivity contribution < 1.29 is 9.26 Å². The summed E-state index contributed by atoms with van der Waals surface area (Å²) < 4.78 is 10.7. The summed E-state index contributed by atoms with van der Waals surface area (Å²) in [5.41, 5.74) is 0.898. The zero-order valence-electron chi connectivity index (χ0n) is 10.0. The largest absolute Gasteiger partial charge is 0.484 e. The van der Waals surface area contributed by atoms with Crippen molar-refractivity contribution in [1.29, 1.82) is 0 Å². The van der Waals surface area contributed by atoms with Gasteiger partial charge in [0.1, 0.15) is 5.75 Å². The van der Waals surface area contributed by atoms with Crippen molar-refractivity contribution in [2.24, 2.45) is 0 Å². The lowest BCUT2D eigenvalue weighted by molar-refractivity contribution is 0.287. The van der Waals surface area contributed by atoms with Crippen LogP contribution in [0.3, 0.4) is 0 Å². The minimum absolute atomic E-state index is 0.160. The summed E-state index contributed by atoms with van der Waals surface area (Å²) in [7, 11) is 0. The van der Waals surface area contributed by atoms with Crippen LogP contribution < -0.4 is 4.74 Å². The lowest BCUT2D eigenvalue weighted by atomic mass is 10.3. The Balaban J connectivity index is 1.71. The van der Waals surface area contributed by atoms with Gasteiger partial charge in [-0.1, -0.05) is 28.4 Å². The van der Waals surface area contributed by atoms with Gasteiger partial charge in [-0.25, -0.2) is 0 Å². The van der Waals surface area contributed by atoms with E-state index in [1.54, 1.807) is 29.5 Å². The molecule has 0 saturated carbocycles. The predicted octanol–water partition coefficient (Wildman–Crippen LogP) is 4.68. The van der Waals surface area contributed by atoms with Crippen molar-refractivity contribution in [3.05, 3.63) is 50.9 Å². The van der Waals surface area contributed by atoms with Gasteiger partial charge in [-0.2, -0.15) is 16.3 Å². The van der Waals surface area contributed by atoms with Crippen LogP contribution in [0, 0.1) is 0 Å². The van der Waals surface area contributed by atoms with Crippen LogP contribution in [-0.2, 0) is 6.61 Å². The van der Waals surface area contributed by atoms with Gasteiger partial charge in [-0.15, -0.1) is 0 Å². The van der Waals surface area contributed by atoms with Crippen LogP contribution in [-0.4, -0.2) is 10.1 Å². The average molecular weight is 327 g/mol. The number of benzene rings is 1. The van der Waals surface area contributed by atoms with Crippen LogP contribution >= 0.6 is 34.5 Å². The van der Waals surface area contributed by atoms with Gasteiger partial charge in [0.05, 0.1) is 10.6 Å². The molecule has 1 aromatic carbocycles. The van der Waals surface area contributed by atoms with Crippen molar-refractivity contribution in [3.8, 4) is 17.2 Å². The van der Waals surface area contributed by atoms with Crippen LogP contribution in [0.2, 0.25) is 10.0 Å². The highest BCUT2D eigenvalue weighted by Crippen LogP contribution is 2.28. The molecule has 0 spiro atoms. The highest BCUT2D eigenvalue weighted by molar-refractivity contribution is 7.08. The van der Waals surface area contributed by atoms with E-state index < -0.39 is 0 Å². The van der Waals surface area contributed by atoms with E-state index in [-0.39, 0.29) is 6.61 Å². The molecular weight excluding hydrogens is 319 g/mol. The second-order valence-corrected chi connectivity index (χ2v) is 5.51. The van der Waals surface area contributed by atoms with E-state index in [0.717, 1.165) is 5.56 Å². The molecule has 0 amide bonds. The van der Waals surface area contributed by atoms with E-state index in [1.165, 1.54) is 0 Å². The molecular formula is C13H8Cl2N2O2S. The van der Waals surface area contributed by atoms with Gasteiger partial charge < -0.3 is 9.26 Å². The third kappa shape index (κ3) is 2.95. The molecule has 0 aliphatic rings. The molecule has 102 valence electrons. The Bertz CT molecular complexity index is 713. The first kappa shape index (κ1) is 13.4. The summed E-state index contributed by atoms with van der Waals surface area (Å²) in [5, 5.41) is 8.77. The Hall–Kier alpha value is -1.56. The molecule has 3 rings (SSSR count). The number of hydrogen-bond acceptors (Lipinski definition) is 5. The smallest absolute Gasteiger partial charge is 0.258 e. The van der Waals surface area contributed by atoms with Gasteiger partial charge >= 0.3 is 0 Å². The number of aromatic nitrogens is 2. The lowest BCUT2D eigenvalue weighted by Crippen LogP contribution is -1.98. The van der Waals surface area contributed by atoms with E-state index in [9.17, 15) is 0 Å². The molecule has 4 nitrogen and oxygen atoms in total. The Labute approximate surface area is 128 Å². The Morgan fingerprint density at radius 2 is 2.15 bits per heavy atom. The first-order valence-electron chi connectivity index (χ1n) is 5.65. The highest BCUT2D eigenvalue weighted by atomic mass is 35.5. The van der Waals surface area contributed by atoms with E-state index in [4.69, 9.17) is 32.5 Å². The monoisotopic (exact) mass is 326 g/mol. The molecule has 0 saturated heterocycles. The van der Waals surface area contributed by atoms with E-state index in [1.807, 2.05) is 16.8 Å². The minimum Gasteiger partial charge on any atom is -0.484 e. The molecule has 0 fully saturated rings. The van der Waals surface area contributed by atoms with E-state index >= 15 is 0 Å². The molecule has 0 N–H and O–H groups in total. The van der Waals surface area contributed by atoms with Crippen LogP contribution in [0.25, 0.3) is 11.5 Å². The highest BCUT2D eigenvalue weighted by Gasteiger charge is 2.10. The summed E-state index contributed by atoms with van der Waals surface area (Å²) in [5.74, 6) is 1.41. The molecule has 2 heterocycles. The standard InChI is InChI=1S/C13H8Cl2N2O2S/c14-9-1-2-10(15)11(5-9)18-6-12-16-13(19-17-12)8-3-4-20-7-8/h1-5,7H,6H2. The summed E-state index contributed by atoms with van der Waals surface area (Å²) in [6, 6.07) is 6.92. The summed E-state index contributed by atoms with van der Waals surface area (Å²) in [4.78, 5) is 4.25. The zero-order chi connectivity index (χ0) is 13.9. The number of ether oxygens (including phenoxy) is 1. The van der Waals surface area contributed by atoms with Crippen LogP contribution in [0.4, 0.5) is 0 Å². The molecule has 0 aliphatic heterocycles. The quantitative estimate of drug-likeness (QED) is 0.698. The molecule has 20 heavy (non-hydrogen) atoms. The first-order chi connectivity index (χ1) is 9.72. The molecule has 0 atom stereocenters. The second-order valence-electron chi connectivity index (χ2n) is 3.89. The molecule has 0 aliphatic carbocycles. The van der Waals surface area contributed by atoms with Gasteiger partial charge in [0.15, 0.2) is 6.61 Å². The number of thiophene rings is 1. The topological polar surface area (TPSA) is 48.2 Å². The third-order valence-corrected chi connectivity index (χ3v) is 3.72. The first-order valence-corrected chi connectivity index (χ1v) is 7.35. The molecule has 0 bridgehead atoms. The summed E-state index contributed by atoms with van der Waals surface area (Å²) in [6.07, 6.45) is 0. The van der Waals surface area contributed by atoms with Crippen LogP contribution in [0.5, 0.6) is 5.75 Å². The third-order valence-electron chi connectivity index (χ3n) is 2.49. The Morgan fingerprint density at radius 1 is 1.25 bits per heavy atom. The average Bonchev–Trinajstić information content (AvgIpc) is 3.09. The van der Waals surface area contributed by atoms with Crippen LogP contribution in [0.15, 0.2) is 39.5 Å². The van der Waals surface area contributed by atoms with E-state index in [2.05, 4.69) is 10.1 Å². The minimum atomic E-state index is 0.160. The van der Waals surface area contributed by atoms with Gasteiger partial charge in [0.2, 0.25) is 5.82 Å². The van der Waals surface area contributed by atoms with Gasteiger partial charge in [-0.3, -0.25) is 0 Å².